The van der Waals surface area contributed by atoms with E-state index in [-0.39, 0.29) is 11.9 Å². The van der Waals surface area contributed by atoms with E-state index >= 15 is 0 Å². The topological polar surface area (TPSA) is 72.5 Å². The SMILES string of the molecule is COc1ccc(Nc2cc(C(=O)NC3CCCCCCC3)c3ccccc3n2)c(OC)c1. The van der Waals surface area contributed by atoms with Gasteiger partial charge in [-0.1, -0.05) is 50.3 Å². The number of nitrogens with zero attached hydrogens (tertiary/aromatic N) is 1. The molecule has 0 radical (unpaired) electrons. The zero-order chi connectivity index (χ0) is 22.3. The Kier molecular flexibility index (Phi) is 7.10. The molecule has 3 aromatic rings. The van der Waals surface area contributed by atoms with Crippen LogP contribution in [-0.2, 0) is 0 Å². The van der Waals surface area contributed by atoms with Crippen molar-refractivity contribution in [2.45, 2.75) is 51.0 Å². The number of hydrogen-bond donors (Lipinski definition) is 2. The molecule has 4 rings (SSSR count). The van der Waals surface area contributed by atoms with E-state index in [2.05, 4.69) is 10.6 Å². The molecule has 1 aliphatic carbocycles. The Hall–Kier alpha value is -3.28. The van der Waals surface area contributed by atoms with E-state index in [0.717, 1.165) is 29.4 Å². The molecular formula is C26H31N3O3. The van der Waals surface area contributed by atoms with Gasteiger partial charge in [-0.2, -0.15) is 0 Å². The molecule has 0 bridgehead atoms. The van der Waals surface area contributed by atoms with Crippen molar-refractivity contribution in [3.8, 4) is 11.5 Å². The van der Waals surface area contributed by atoms with Gasteiger partial charge < -0.3 is 20.1 Å². The van der Waals surface area contributed by atoms with Crippen LogP contribution in [0.1, 0.15) is 55.3 Å². The van der Waals surface area contributed by atoms with Crippen LogP contribution in [0.4, 0.5) is 11.5 Å². The highest BCUT2D eigenvalue weighted by atomic mass is 16.5. The first-order chi connectivity index (χ1) is 15.7. The average Bonchev–Trinajstić information content (AvgIpc) is 2.80. The largest absolute Gasteiger partial charge is 0.497 e. The third-order valence-corrected chi connectivity index (χ3v) is 6.07. The number of benzene rings is 2. The van der Waals surface area contributed by atoms with Crippen molar-refractivity contribution in [3.63, 3.8) is 0 Å². The van der Waals surface area contributed by atoms with Gasteiger partial charge in [-0.15, -0.1) is 0 Å². The third kappa shape index (κ3) is 5.13. The molecule has 1 heterocycles. The van der Waals surface area contributed by atoms with Crippen LogP contribution in [0.15, 0.2) is 48.5 Å². The van der Waals surface area contributed by atoms with Crippen molar-refractivity contribution in [2.24, 2.45) is 0 Å². The highest BCUT2D eigenvalue weighted by molar-refractivity contribution is 6.07. The molecule has 0 aliphatic heterocycles. The lowest BCUT2D eigenvalue weighted by atomic mass is 9.96. The number of aromatic nitrogens is 1. The van der Waals surface area contributed by atoms with Gasteiger partial charge in [0.25, 0.3) is 5.91 Å². The number of nitrogens with one attached hydrogen (secondary N) is 2. The number of fused-ring (bicyclic) bond motifs is 1. The lowest BCUT2D eigenvalue weighted by molar-refractivity contribution is 0.0932. The molecule has 1 saturated carbocycles. The smallest absolute Gasteiger partial charge is 0.252 e. The van der Waals surface area contributed by atoms with Gasteiger partial charge in [-0.3, -0.25) is 4.79 Å². The summed E-state index contributed by atoms with van der Waals surface area (Å²) in [5.74, 6) is 1.90. The van der Waals surface area contributed by atoms with Crippen LogP contribution in [0.5, 0.6) is 11.5 Å². The second-order valence-corrected chi connectivity index (χ2v) is 8.28. The van der Waals surface area contributed by atoms with Gasteiger partial charge >= 0.3 is 0 Å². The van der Waals surface area contributed by atoms with Crippen LogP contribution in [0.3, 0.4) is 0 Å². The summed E-state index contributed by atoms with van der Waals surface area (Å²) in [6.07, 6.45) is 8.24. The highest BCUT2D eigenvalue weighted by Gasteiger charge is 2.18. The summed E-state index contributed by atoms with van der Waals surface area (Å²) in [7, 11) is 3.23. The first kappa shape index (κ1) is 21.9. The highest BCUT2D eigenvalue weighted by Crippen LogP contribution is 2.32. The Labute approximate surface area is 189 Å². The molecule has 0 spiro atoms. The summed E-state index contributed by atoms with van der Waals surface area (Å²) in [4.78, 5) is 18.1. The number of methoxy groups -OCH3 is 2. The first-order valence-corrected chi connectivity index (χ1v) is 11.4. The molecule has 6 nitrogen and oxygen atoms in total. The zero-order valence-corrected chi connectivity index (χ0v) is 18.8. The maximum Gasteiger partial charge on any atom is 0.252 e. The van der Waals surface area contributed by atoms with Gasteiger partial charge in [0.2, 0.25) is 0 Å². The Morgan fingerprint density at radius 1 is 0.938 bits per heavy atom. The molecule has 1 fully saturated rings. The Balaban J connectivity index is 1.63. The maximum atomic E-state index is 13.3. The molecule has 0 saturated heterocycles. The number of carbonyl (C=O) groups is 1. The monoisotopic (exact) mass is 433 g/mol. The van der Waals surface area contributed by atoms with E-state index < -0.39 is 0 Å². The van der Waals surface area contributed by atoms with Gasteiger partial charge in [0.15, 0.2) is 0 Å². The molecular weight excluding hydrogens is 402 g/mol. The van der Waals surface area contributed by atoms with Gasteiger partial charge in [0, 0.05) is 17.5 Å². The molecule has 1 amide bonds. The third-order valence-electron chi connectivity index (χ3n) is 6.07. The Morgan fingerprint density at radius 2 is 1.69 bits per heavy atom. The minimum Gasteiger partial charge on any atom is -0.497 e. The summed E-state index contributed by atoms with van der Waals surface area (Å²) in [5.41, 5.74) is 2.16. The number of ether oxygens (including phenoxy) is 2. The molecule has 1 aliphatic rings. The molecule has 32 heavy (non-hydrogen) atoms. The van der Waals surface area contributed by atoms with E-state index in [1.165, 1.54) is 32.1 Å². The van der Waals surface area contributed by atoms with E-state index in [1.54, 1.807) is 14.2 Å². The predicted molar refractivity (Wildman–Crippen MR) is 128 cm³/mol. The van der Waals surface area contributed by atoms with E-state index in [9.17, 15) is 4.79 Å². The minimum absolute atomic E-state index is 0.0427. The summed E-state index contributed by atoms with van der Waals surface area (Å²) >= 11 is 0. The number of para-hydroxylation sites is 1. The zero-order valence-electron chi connectivity index (χ0n) is 18.8. The molecule has 0 unspecified atom stereocenters. The van der Waals surface area contributed by atoms with Crippen LogP contribution in [0, 0.1) is 0 Å². The van der Waals surface area contributed by atoms with Gasteiger partial charge in [-0.25, -0.2) is 4.98 Å². The Bertz CT molecular complexity index is 1080. The van der Waals surface area contributed by atoms with Crippen LogP contribution in [0.25, 0.3) is 10.9 Å². The first-order valence-electron chi connectivity index (χ1n) is 11.4. The number of hydrogen-bond acceptors (Lipinski definition) is 5. The summed E-state index contributed by atoms with van der Waals surface area (Å²) in [5, 5.41) is 7.45. The maximum absolute atomic E-state index is 13.3. The number of carbonyl (C=O) groups excluding carboxylic acids is 1. The van der Waals surface area contributed by atoms with Gasteiger partial charge in [0.1, 0.15) is 17.3 Å². The fourth-order valence-electron chi connectivity index (χ4n) is 4.33. The van der Waals surface area contributed by atoms with Crippen LogP contribution >= 0.6 is 0 Å². The second-order valence-electron chi connectivity index (χ2n) is 8.28. The summed E-state index contributed by atoms with van der Waals surface area (Å²) in [6.45, 7) is 0. The van der Waals surface area contributed by atoms with Gasteiger partial charge in [-0.05, 0) is 37.1 Å². The lowest BCUT2D eigenvalue weighted by Crippen LogP contribution is -2.35. The number of anilines is 2. The summed E-state index contributed by atoms with van der Waals surface area (Å²) < 4.78 is 10.8. The molecule has 0 atom stereocenters. The average molecular weight is 434 g/mol. The second kappa shape index (κ2) is 10.4. The van der Waals surface area contributed by atoms with Crippen molar-refractivity contribution in [1.29, 1.82) is 0 Å². The van der Waals surface area contributed by atoms with Crippen molar-refractivity contribution in [3.05, 3.63) is 54.1 Å². The molecule has 1 aromatic heterocycles. The van der Waals surface area contributed by atoms with Crippen LogP contribution in [-0.4, -0.2) is 31.2 Å². The number of pyridine rings is 1. The normalized spacial score (nSPS) is 14.9. The van der Waals surface area contributed by atoms with Crippen molar-refractivity contribution in [2.75, 3.05) is 19.5 Å². The van der Waals surface area contributed by atoms with Gasteiger partial charge in [0.05, 0.1) is 31.0 Å². The van der Waals surface area contributed by atoms with Crippen LogP contribution < -0.4 is 20.1 Å². The number of rotatable bonds is 6. The standard InChI is InChI=1S/C26H31N3O3/c1-31-19-14-15-23(24(16-19)32-2)29-25-17-21(20-12-8-9-13-22(20)28-25)26(30)27-18-10-6-4-3-5-7-11-18/h8-9,12-18H,3-7,10-11H2,1-2H3,(H,27,30)(H,28,29). The lowest BCUT2D eigenvalue weighted by Gasteiger charge is -2.21. The van der Waals surface area contributed by atoms with E-state index in [0.29, 0.717) is 22.9 Å². The molecule has 6 heteroatoms. The van der Waals surface area contributed by atoms with Crippen molar-refractivity contribution >= 4 is 28.3 Å². The van der Waals surface area contributed by atoms with Crippen LogP contribution in [0.2, 0.25) is 0 Å². The molecule has 168 valence electrons. The van der Waals surface area contributed by atoms with E-state index in [4.69, 9.17) is 14.5 Å². The minimum atomic E-state index is -0.0427. The van der Waals surface area contributed by atoms with Crippen molar-refractivity contribution < 1.29 is 14.3 Å². The van der Waals surface area contributed by atoms with Crippen molar-refractivity contribution in [1.82, 2.24) is 10.3 Å². The fraction of sp³-hybridized carbons (Fsp3) is 0.385. The summed E-state index contributed by atoms with van der Waals surface area (Å²) in [6, 6.07) is 15.4. The molecule has 2 aromatic carbocycles. The Morgan fingerprint density at radius 3 is 2.44 bits per heavy atom. The predicted octanol–water partition coefficient (Wildman–Crippen LogP) is 5.84. The number of amides is 1. The molecule has 2 N–H and O–H groups in total. The van der Waals surface area contributed by atoms with E-state index in [1.807, 2.05) is 48.5 Å². The quantitative estimate of drug-likeness (QED) is 0.511. The fourth-order valence-corrected chi connectivity index (χ4v) is 4.33.